The van der Waals surface area contributed by atoms with E-state index in [0.717, 1.165) is 55.9 Å². The van der Waals surface area contributed by atoms with Gasteiger partial charge in [-0.15, -0.1) is 0 Å². The number of nitrogens with one attached hydrogen (secondary N) is 1. The molecule has 0 radical (unpaired) electrons. The van der Waals surface area contributed by atoms with Crippen molar-refractivity contribution in [3.05, 3.63) is 59.9 Å². The van der Waals surface area contributed by atoms with Crippen molar-refractivity contribution < 1.29 is 4.79 Å². The zero-order valence-corrected chi connectivity index (χ0v) is 18.3. The first-order valence-corrected chi connectivity index (χ1v) is 11.1. The number of piperidine rings is 1. The third-order valence-electron chi connectivity index (χ3n) is 6.06. The van der Waals surface area contributed by atoms with Gasteiger partial charge in [0.05, 0.1) is 23.5 Å². The van der Waals surface area contributed by atoms with Crippen molar-refractivity contribution >= 4 is 22.6 Å². The number of rotatable bonds is 6. The maximum Gasteiger partial charge on any atom is 0.228 e. The van der Waals surface area contributed by atoms with Gasteiger partial charge in [-0.2, -0.15) is 0 Å². The Labute approximate surface area is 179 Å². The summed E-state index contributed by atoms with van der Waals surface area (Å²) in [5.41, 5.74) is 4.40. The molecule has 1 aliphatic heterocycles. The highest BCUT2D eigenvalue weighted by Crippen LogP contribution is 2.25. The lowest BCUT2D eigenvalue weighted by Crippen LogP contribution is -2.40. The molecule has 2 aromatic carbocycles. The van der Waals surface area contributed by atoms with E-state index in [4.69, 9.17) is 4.98 Å². The predicted octanol–water partition coefficient (Wildman–Crippen LogP) is 5.03. The molecular weight excluding hydrogens is 372 g/mol. The summed E-state index contributed by atoms with van der Waals surface area (Å²) in [7, 11) is 0. The van der Waals surface area contributed by atoms with E-state index in [0.29, 0.717) is 6.04 Å². The van der Waals surface area contributed by atoms with E-state index in [-0.39, 0.29) is 11.8 Å². The molecule has 3 aromatic rings. The summed E-state index contributed by atoms with van der Waals surface area (Å²) in [4.78, 5) is 20.2. The lowest BCUT2D eigenvalue weighted by molar-refractivity contribution is -0.121. The van der Waals surface area contributed by atoms with Crippen LogP contribution in [0.4, 0.5) is 5.69 Å². The van der Waals surface area contributed by atoms with Crippen molar-refractivity contribution in [3.8, 4) is 0 Å². The molecule has 5 heteroatoms. The van der Waals surface area contributed by atoms with Crippen molar-refractivity contribution in [1.82, 2.24) is 14.5 Å². The van der Waals surface area contributed by atoms with Crippen molar-refractivity contribution in [1.29, 1.82) is 0 Å². The fourth-order valence-electron chi connectivity index (χ4n) is 4.46. The van der Waals surface area contributed by atoms with Crippen LogP contribution in [0.15, 0.2) is 48.5 Å². The highest BCUT2D eigenvalue weighted by atomic mass is 16.1. The largest absolute Gasteiger partial charge is 0.326 e. The normalized spacial score (nSPS) is 17.5. The van der Waals surface area contributed by atoms with Crippen LogP contribution in [0, 0.1) is 5.92 Å². The van der Waals surface area contributed by atoms with Crippen LogP contribution in [-0.2, 0) is 17.8 Å². The van der Waals surface area contributed by atoms with Crippen LogP contribution in [0.25, 0.3) is 11.0 Å². The average molecular weight is 405 g/mol. The van der Waals surface area contributed by atoms with Crippen LogP contribution in [0.2, 0.25) is 0 Å². The van der Waals surface area contributed by atoms with Crippen LogP contribution in [-0.4, -0.2) is 33.4 Å². The number of carbonyl (C=O) groups is 1. The molecule has 0 unspecified atom stereocenters. The van der Waals surface area contributed by atoms with Gasteiger partial charge in [0.25, 0.3) is 0 Å². The van der Waals surface area contributed by atoms with Crippen molar-refractivity contribution in [2.75, 3.05) is 18.4 Å². The number of para-hydroxylation sites is 2. The molecule has 0 spiro atoms. The molecular formula is C25H32N4O. The number of aryl methyl sites for hydroxylation is 1. The number of likely N-dealkylation sites (tertiary alicyclic amines) is 1. The minimum atomic E-state index is 0.0153. The van der Waals surface area contributed by atoms with E-state index in [1.807, 2.05) is 18.2 Å². The maximum atomic E-state index is 12.9. The van der Waals surface area contributed by atoms with Crippen molar-refractivity contribution in [2.24, 2.45) is 5.92 Å². The Balaban J connectivity index is 1.44. The summed E-state index contributed by atoms with van der Waals surface area (Å²) < 4.78 is 2.33. The molecule has 1 saturated heterocycles. The summed E-state index contributed by atoms with van der Waals surface area (Å²) >= 11 is 0. The van der Waals surface area contributed by atoms with Gasteiger partial charge in [-0.1, -0.05) is 31.2 Å². The Morgan fingerprint density at radius 1 is 1.17 bits per heavy atom. The number of hydrogen-bond acceptors (Lipinski definition) is 3. The molecule has 0 bridgehead atoms. The first kappa shape index (κ1) is 20.6. The highest BCUT2D eigenvalue weighted by molar-refractivity contribution is 5.92. The average Bonchev–Trinajstić information content (AvgIpc) is 3.12. The Bertz CT molecular complexity index is 1010. The molecule has 0 aliphatic carbocycles. The second-order valence-electron chi connectivity index (χ2n) is 8.59. The van der Waals surface area contributed by atoms with E-state index in [9.17, 15) is 4.79 Å². The Kier molecular flexibility index (Phi) is 6.18. The number of amides is 1. The number of hydrogen-bond donors (Lipinski definition) is 1. The first-order chi connectivity index (χ1) is 14.5. The van der Waals surface area contributed by atoms with E-state index >= 15 is 0 Å². The molecule has 1 amide bonds. The van der Waals surface area contributed by atoms with Crippen molar-refractivity contribution in [2.45, 2.75) is 52.6 Å². The Morgan fingerprint density at radius 2 is 1.93 bits per heavy atom. The third-order valence-corrected chi connectivity index (χ3v) is 6.06. The van der Waals surface area contributed by atoms with E-state index in [1.165, 1.54) is 11.1 Å². The first-order valence-electron chi connectivity index (χ1n) is 11.1. The molecule has 4 rings (SSSR count). The van der Waals surface area contributed by atoms with Gasteiger partial charge in [-0.05, 0) is 69.5 Å². The van der Waals surface area contributed by atoms with Crippen LogP contribution in [0.3, 0.4) is 0 Å². The molecule has 1 atom stereocenters. The van der Waals surface area contributed by atoms with Gasteiger partial charge in [0.2, 0.25) is 5.91 Å². The van der Waals surface area contributed by atoms with Crippen molar-refractivity contribution in [3.63, 3.8) is 0 Å². The maximum absolute atomic E-state index is 12.9. The SMILES string of the molecule is CCc1ccc(NC(=O)[C@H]2CCCN(Cc3nc4ccccc4n3C(C)C)C2)cc1. The number of fused-ring (bicyclic) bond motifs is 1. The van der Waals surface area contributed by atoms with Gasteiger partial charge in [0.15, 0.2) is 0 Å². The zero-order valence-electron chi connectivity index (χ0n) is 18.3. The molecule has 5 nitrogen and oxygen atoms in total. The summed E-state index contributed by atoms with van der Waals surface area (Å²) in [5, 5.41) is 3.11. The molecule has 30 heavy (non-hydrogen) atoms. The third kappa shape index (κ3) is 4.41. The molecule has 1 fully saturated rings. The second-order valence-corrected chi connectivity index (χ2v) is 8.59. The molecule has 2 heterocycles. The van der Waals surface area contributed by atoms with Crippen LogP contribution < -0.4 is 5.32 Å². The molecule has 1 N–H and O–H groups in total. The molecule has 0 saturated carbocycles. The Hall–Kier alpha value is -2.66. The van der Waals surface area contributed by atoms with Gasteiger partial charge in [0.1, 0.15) is 5.82 Å². The number of aromatic nitrogens is 2. The van der Waals surface area contributed by atoms with Gasteiger partial charge < -0.3 is 9.88 Å². The second kappa shape index (κ2) is 9.00. The number of nitrogens with zero attached hydrogens (tertiary/aromatic N) is 3. The quantitative estimate of drug-likeness (QED) is 0.627. The Morgan fingerprint density at radius 3 is 2.67 bits per heavy atom. The lowest BCUT2D eigenvalue weighted by atomic mass is 9.97. The summed E-state index contributed by atoms with van der Waals surface area (Å²) in [5.74, 6) is 1.23. The fraction of sp³-hybridized carbons (Fsp3) is 0.440. The monoisotopic (exact) mass is 404 g/mol. The number of anilines is 1. The topological polar surface area (TPSA) is 50.2 Å². The highest BCUT2D eigenvalue weighted by Gasteiger charge is 2.27. The van der Waals surface area contributed by atoms with Gasteiger partial charge in [-0.25, -0.2) is 4.98 Å². The number of imidazole rings is 1. The summed E-state index contributed by atoms with van der Waals surface area (Å²) in [6.45, 7) is 9.11. The summed E-state index contributed by atoms with van der Waals surface area (Å²) in [6.07, 6.45) is 2.98. The predicted molar refractivity (Wildman–Crippen MR) is 123 cm³/mol. The zero-order chi connectivity index (χ0) is 21.1. The fourth-order valence-corrected chi connectivity index (χ4v) is 4.46. The summed E-state index contributed by atoms with van der Waals surface area (Å²) in [6, 6.07) is 16.8. The minimum Gasteiger partial charge on any atom is -0.326 e. The molecule has 1 aliphatic rings. The number of benzene rings is 2. The van der Waals surface area contributed by atoms with E-state index in [2.05, 4.69) is 65.9 Å². The minimum absolute atomic E-state index is 0.0153. The van der Waals surface area contributed by atoms with Gasteiger partial charge in [-0.3, -0.25) is 9.69 Å². The van der Waals surface area contributed by atoms with Crippen LogP contribution >= 0.6 is 0 Å². The standard InChI is InChI=1S/C25H32N4O/c1-4-19-11-13-21(14-12-19)26-25(30)20-8-7-15-28(16-20)17-24-27-22-9-5-6-10-23(22)29(24)18(2)3/h5-6,9-14,18,20H,4,7-8,15-17H2,1-3H3,(H,26,30)/t20-/m0/s1. The van der Waals surface area contributed by atoms with Gasteiger partial charge >= 0.3 is 0 Å². The van der Waals surface area contributed by atoms with Gasteiger partial charge in [0, 0.05) is 18.3 Å². The van der Waals surface area contributed by atoms with E-state index in [1.54, 1.807) is 0 Å². The molecule has 158 valence electrons. The van der Waals surface area contributed by atoms with Crippen LogP contribution in [0.5, 0.6) is 0 Å². The number of carbonyl (C=O) groups excluding carboxylic acids is 1. The van der Waals surface area contributed by atoms with E-state index < -0.39 is 0 Å². The molecule has 1 aromatic heterocycles. The lowest BCUT2D eigenvalue weighted by Gasteiger charge is -2.32. The smallest absolute Gasteiger partial charge is 0.228 e. The van der Waals surface area contributed by atoms with Crippen LogP contribution in [0.1, 0.15) is 51.0 Å².